The van der Waals surface area contributed by atoms with E-state index in [4.69, 9.17) is 4.74 Å². The van der Waals surface area contributed by atoms with E-state index in [-0.39, 0.29) is 5.91 Å². The van der Waals surface area contributed by atoms with Crippen molar-refractivity contribution in [2.24, 2.45) is 0 Å². The van der Waals surface area contributed by atoms with Crippen LogP contribution in [0, 0.1) is 0 Å². The first-order chi connectivity index (χ1) is 9.27. The van der Waals surface area contributed by atoms with Gasteiger partial charge < -0.3 is 9.84 Å². The number of anilines is 1. The number of aliphatic carboxylic acids is 1. The van der Waals surface area contributed by atoms with Gasteiger partial charge in [-0.1, -0.05) is 13.0 Å². The number of amides is 1. The van der Waals surface area contributed by atoms with Crippen molar-refractivity contribution >= 4 is 17.6 Å². The number of carboxylic acid groups (broad SMARTS) is 1. The summed E-state index contributed by atoms with van der Waals surface area (Å²) in [4.78, 5) is 25.1. The Bertz CT molecular complexity index is 565. The lowest BCUT2D eigenvalue weighted by molar-refractivity contribution is -0.142. The van der Waals surface area contributed by atoms with Crippen LogP contribution in [0.5, 0.6) is 5.75 Å². The van der Waals surface area contributed by atoms with Crippen molar-refractivity contribution in [3.63, 3.8) is 0 Å². The average Bonchev–Trinajstić information content (AvgIpc) is 2.38. The van der Waals surface area contributed by atoms with Crippen LogP contribution in [0.4, 0.5) is 5.69 Å². The molecule has 20 heavy (non-hydrogen) atoms. The second kappa shape index (κ2) is 4.81. The lowest BCUT2D eigenvalue weighted by atomic mass is 10.0. The number of aryl methyl sites for hydroxylation is 1. The van der Waals surface area contributed by atoms with Gasteiger partial charge in [0.1, 0.15) is 11.8 Å². The number of nitrogens with zero attached hydrogens (tertiary/aromatic N) is 1. The Morgan fingerprint density at radius 1 is 1.45 bits per heavy atom. The van der Waals surface area contributed by atoms with Crippen LogP contribution in [-0.4, -0.2) is 28.6 Å². The van der Waals surface area contributed by atoms with Crippen molar-refractivity contribution in [2.75, 3.05) is 4.90 Å². The molecule has 1 N–H and O–H groups in total. The quantitative estimate of drug-likeness (QED) is 0.920. The summed E-state index contributed by atoms with van der Waals surface area (Å²) in [5.41, 5.74) is 0.496. The molecule has 2 rings (SSSR count). The fraction of sp³-hybridized carbons (Fsp3) is 0.467. The van der Waals surface area contributed by atoms with Gasteiger partial charge in [0, 0.05) is 0 Å². The zero-order valence-electron chi connectivity index (χ0n) is 12.1. The lowest BCUT2D eigenvalue weighted by Gasteiger charge is -2.40. The van der Waals surface area contributed by atoms with Gasteiger partial charge in [-0.2, -0.15) is 0 Å². The van der Waals surface area contributed by atoms with Crippen LogP contribution in [0.15, 0.2) is 18.2 Å². The molecule has 1 aromatic carbocycles. The Balaban J connectivity index is 2.59. The topological polar surface area (TPSA) is 66.8 Å². The maximum absolute atomic E-state index is 12.5. The van der Waals surface area contributed by atoms with Gasteiger partial charge in [0.25, 0.3) is 5.91 Å². The van der Waals surface area contributed by atoms with Crippen LogP contribution >= 0.6 is 0 Å². The first kappa shape index (κ1) is 14.4. The third kappa shape index (κ3) is 2.24. The summed E-state index contributed by atoms with van der Waals surface area (Å²) in [5.74, 6) is -0.836. The summed E-state index contributed by atoms with van der Waals surface area (Å²) in [6, 6.07) is 4.61. The fourth-order valence-corrected chi connectivity index (χ4v) is 2.27. The van der Waals surface area contributed by atoms with Crippen molar-refractivity contribution in [1.29, 1.82) is 0 Å². The van der Waals surface area contributed by atoms with Crippen molar-refractivity contribution in [2.45, 2.75) is 45.8 Å². The van der Waals surface area contributed by atoms with Gasteiger partial charge >= 0.3 is 5.97 Å². The smallest absolute Gasteiger partial charge is 0.326 e. The van der Waals surface area contributed by atoms with Gasteiger partial charge in [-0.25, -0.2) is 4.79 Å². The zero-order chi connectivity index (χ0) is 15.1. The summed E-state index contributed by atoms with van der Waals surface area (Å²) >= 11 is 0. The Labute approximate surface area is 118 Å². The van der Waals surface area contributed by atoms with E-state index in [1.165, 1.54) is 11.8 Å². The van der Waals surface area contributed by atoms with Crippen molar-refractivity contribution in [1.82, 2.24) is 0 Å². The first-order valence-electron chi connectivity index (χ1n) is 6.66. The van der Waals surface area contributed by atoms with Crippen LogP contribution in [0.1, 0.15) is 33.3 Å². The number of carbonyl (C=O) groups is 2. The van der Waals surface area contributed by atoms with E-state index < -0.39 is 17.6 Å². The summed E-state index contributed by atoms with van der Waals surface area (Å²) in [6.45, 7) is 6.80. The third-order valence-electron chi connectivity index (χ3n) is 3.53. The minimum Gasteiger partial charge on any atom is -0.480 e. The number of hydrogen-bond donors (Lipinski definition) is 1. The molecule has 0 aromatic heterocycles. The average molecular weight is 277 g/mol. The molecule has 5 nitrogen and oxygen atoms in total. The van der Waals surface area contributed by atoms with Crippen molar-refractivity contribution < 1.29 is 19.4 Å². The summed E-state index contributed by atoms with van der Waals surface area (Å²) in [7, 11) is 0. The highest BCUT2D eigenvalue weighted by Gasteiger charge is 2.44. The maximum Gasteiger partial charge on any atom is 0.326 e. The number of fused-ring (bicyclic) bond motifs is 1. The summed E-state index contributed by atoms with van der Waals surface area (Å²) in [6.07, 6.45) is 0.806. The molecule has 1 aliphatic rings. The second-order valence-electron chi connectivity index (χ2n) is 5.46. The third-order valence-corrected chi connectivity index (χ3v) is 3.53. The highest BCUT2D eigenvalue weighted by molar-refractivity contribution is 6.06. The molecule has 108 valence electrons. The molecular weight excluding hydrogens is 258 g/mol. The summed E-state index contributed by atoms with van der Waals surface area (Å²) in [5, 5.41) is 9.24. The van der Waals surface area contributed by atoms with Crippen LogP contribution in [0.25, 0.3) is 0 Å². The molecular formula is C15H19NO4. The van der Waals surface area contributed by atoms with E-state index in [9.17, 15) is 14.7 Å². The van der Waals surface area contributed by atoms with E-state index in [1.807, 2.05) is 19.1 Å². The van der Waals surface area contributed by atoms with Crippen molar-refractivity contribution in [3.05, 3.63) is 23.8 Å². The minimum atomic E-state index is -1.07. The monoisotopic (exact) mass is 277 g/mol. The molecule has 0 spiro atoms. The molecule has 0 aliphatic carbocycles. The molecule has 0 saturated carbocycles. The number of ether oxygens (including phenoxy) is 1. The van der Waals surface area contributed by atoms with Gasteiger partial charge in [0.2, 0.25) is 0 Å². The van der Waals surface area contributed by atoms with Gasteiger partial charge in [-0.05, 0) is 44.9 Å². The zero-order valence-corrected chi connectivity index (χ0v) is 12.1. The Kier molecular flexibility index (Phi) is 3.46. The normalized spacial score (nSPS) is 18.2. The molecule has 1 heterocycles. The highest BCUT2D eigenvalue weighted by Crippen LogP contribution is 2.39. The van der Waals surface area contributed by atoms with Gasteiger partial charge in [0.05, 0.1) is 5.69 Å². The van der Waals surface area contributed by atoms with Gasteiger partial charge in [-0.3, -0.25) is 9.69 Å². The number of carboxylic acids is 1. The molecule has 1 aromatic rings. The molecule has 0 bridgehead atoms. The number of carbonyl (C=O) groups excluding carboxylic acids is 1. The second-order valence-corrected chi connectivity index (χ2v) is 5.46. The van der Waals surface area contributed by atoms with Gasteiger partial charge in [0.15, 0.2) is 5.60 Å². The Morgan fingerprint density at radius 3 is 2.65 bits per heavy atom. The maximum atomic E-state index is 12.5. The molecule has 0 fully saturated rings. The summed E-state index contributed by atoms with van der Waals surface area (Å²) < 4.78 is 5.71. The van der Waals surface area contributed by atoms with Gasteiger partial charge in [-0.15, -0.1) is 0 Å². The Morgan fingerprint density at radius 2 is 2.10 bits per heavy atom. The van der Waals surface area contributed by atoms with E-state index in [0.29, 0.717) is 11.4 Å². The first-order valence-corrected chi connectivity index (χ1v) is 6.66. The van der Waals surface area contributed by atoms with Crippen LogP contribution < -0.4 is 9.64 Å². The predicted molar refractivity (Wildman–Crippen MR) is 75.1 cm³/mol. The van der Waals surface area contributed by atoms with Crippen LogP contribution in [0.2, 0.25) is 0 Å². The molecule has 1 amide bonds. The minimum absolute atomic E-state index is 0.340. The number of benzene rings is 1. The number of hydrogen-bond acceptors (Lipinski definition) is 3. The van der Waals surface area contributed by atoms with Crippen LogP contribution in [-0.2, 0) is 16.0 Å². The fourth-order valence-electron chi connectivity index (χ4n) is 2.27. The van der Waals surface area contributed by atoms with E-state index >= 15 is 0 Å². The molecule has 0 radical (unpaired) electrons. The molecule has 1 aliphatic heterocycles. The SMILES string of the molecule is CCc1ccc2c(c1)N(C(C)C(=O)O)C(=O)C(C)(C)O2. The molecule has 0 saturated heterocycles. The van der Waals surface area contributed by atoms with Crippen molar-refractivity contribution in [3.8, 4) is 5.75 Å². The van der Waals surface area contributed by atoms with E-state index in [1.54, 1.807) is 19.9 Å². The molecule has 1 unspecified atom stereocenters. The van der Waals surface area contributed by atoms with E-state index in [0.717, 1.165) is 12.0 Å². The molecule has 5 heteroatoms. The predicted octanol–water partition coefficient (Wildman–Crippen LogP) is 2.23. The highest BCUT2D eigenvalue weighted by atomic mass is 16.5. The van der Waals surface area contributed by atoms with E-state index in [2.05, 4.69) is 0 Å². The standard InChI is InChI=1S/C15H19NO4/c1-5-10-6-7-12-11(8-10)16(9(2)13(17)18)14(19)15(3,4)20-12/h6-9H,5H2,1-4H3,(H,17,18). The molecule has 1 atom stereocenters. The number of rotatable bonds is 3. The largest absolute Gasteiger partial charge is 0.480 e. The Hall–Kier alpha value is -2.04. The lowest BCUT2D eigenvalue weighted by Crippen LogP contribution is -2.57. The van der Waals surface area contributed by atoms with Crippen LogP contribution in [0.3, 0.4) is 0 Å².